The molecule has 0 aromatic rings. The number of carbonyl (C=O) groups is 1. The number of carbonyl (C=O) groups excluding carboxylic acids is 1. The molecule has 0 bridgehead atoms. The summed E-state index contributed by atoms with van der Waals surface area (Å²) >= 11 is 3.23. The largest absolute Gasteiger partial charge is 0.668 e. The molecule has 0 fully saturated rings. The van der Waals surface area contributed by atoms with Gasteiger partial charge in [0.2, 0.25) is 0 Å². The molecule has 0 aliphatic carbocycles. The SMILES string of the molecule is CCO[Si](O[SiH3])(OCC)OCCOCCOC(=O)C(C)(C)Br. The fourth-order valence-electron chi connectivity index (χ4n) is 1.35. The van der Waals surface area contributed by atoms with Crippen molar-refractivity contribution in [3.8, 4) is 0 Å². The molecule has 10 heteroatoms. The molecule has 0 radical (unpaired) electrons. The third-order valence-electron chi connectivity index (χ3n) is 2.34. The minimum absolute atomic E-state index is 0.199. The van der Waals surface area contributed by atoms with Gasteiger partial charge in [-0.15, -0.1) is 0 Å². The Morgan fingerprint density at radius 2 is 1.59 bits per heavy atom. The van der Waals surface area contributed by atoms with Crippen molar-refractivity contribution < 1.29 is 31.7 Å². The Bertz CT molecular complexity index is 306. The van der Waals surface area contributed by atoms with Crippen molar-refractivity contribution in [3.05, 3.63) is 0 Å². The van der Waals surface area contributed by atoms with Gasteiger partial charge in [0.15, 0.2) is 0 Å². The predicted octanol–water partition coefficient (Wildman–Crippen LogP) is 0.542. The Kier molecular flexibility index (Phi) is 11.8. The zero-order valence-corrected chi connectivity index (χ0v) is 18.6. The Hall–Kier alpha value is 0.184. The van der Waals surface area contributed by atoms with Gasteiger partial charge in [0.25, 0.3) is 0 Å². The molecule has 0 rings (SSSR count). The van der Waals surface area contributed by atoms with E-state index < -0.39 is 13.4 Å². The maximum Gasteiger partial charge on any atom is 0.668 e. The van der Waals surface area contributed by atoms with Crippen LogP contribution in [0.2, 0.25) is 0 Å². The second kappa shape index (κ2) is 11.7. The van der Waals surface area contributed by atoms with Crippen LogP contribution in [0.15, 0.2) is 0 Å². The number of ether oxygens (including phenoxy) is 2. The summed E-state index contributed by atoms with van der Waals surface area (Å²) < 4.78 is 31.7. The maximum absolute atomic E-state index is 11.5. The lowest BCUT2D eigenvalue weighted by atomic mass is 10.2. The van der Waals surface area contributed by atoms with E-state index in [1.54, 1.807) is 13.8 Å². The van der Waals surface area contributed by atoms with Crippen LogP contribution in [0.5, 0.6) is 0 Å². The van der Waals surface area contributed by atoms with E-state index in [0.29, 0.717) is 43.5 Å². The highest BCUT2D eigenvalue weighted by molar-refractivity contribution is 9.10. The van der Waals surface area contributed by atoms with E-state index in [2.05, 4.69) is 15.9 Å². The van der Waals surface area contributed by atoms with E-state index in [1.165, 1.54) is 0 Å². The first-order chi connectivity index (χ1) is 10.3. The molecule has 0 atom stereocenters. The van der Waals surface area contributed by atoms with Gasteiger partial charge in [0.1, 0.15) is 21.4 Å². The molecule has 0 amide bonds. The molecule has 7 nitrogen and oxygen atoms in total. The molecule has 132 valence electrons. The van der Waals surface area contributed by atoms with Crippen molar-refractivity contribution >= 4 is 41.4 Å². The summed E-state index contributed by atoms with van der Waals surface area (Å²) in [4.78, 5) is 11.5. The molecule has 0 N–H and O–H groups in total. The number of halogens is 1. The zero-order chi connectivity index (χ0) is 17.1. The van der Waals surface area contributed by atoms with Crippen LogP contribution in [0.4, 0.5) is 0 Å². The van der Waals surface area contributed by atoms with Crippen LogP contribution in [0, 0.1) is 0 Å². The Labute approximate surface area is 145 Å². The lowest BCUT2D eigenvalue weighted by molar-refractivity contribution is -0.147. The number of alkyl halides is 1. The average molecular weight is 419 g/mol. The molecule has 0 spiro atoms. The third-order valence-corrected chi connectivity index (χ3v) is 6.51. The van der Waals surface area contributed by atoms with Gasteiger partial charge in [-0.1, -0.05) is 15.9 Å². The first kappa shape index (κ1) is 22.2. The molecule has 0 heterocycles. The molecular formula is C12H27BrO7Si2. The van der Waals surface area contributed by atoms with Gasteiger partial charge in [-0.2, -0.15) is 0 Å². The highest BCUT2D eigenvalue weighted by Crippen LogP contribution is 2.17. The van der Waals surface area contributed by atoms with Crippen molar-refractivity contribution in [2.75, 3.05) is 39.6 Å². The first-order valence-corrected chi connectivity index (χ1v) is 10.5. The van der Waals surface area contributed by atoms with Crippen molar-refractivity contribution in [1.29, 1.82) is 0 Å². The first-order valence-electron chi connectivity index (χ1n) is 7.22. The lowest BCUT2D eigenvalue weighted by Gasteiger charge is -2.26. The summed E-state index contributed by atoms with van der Waals surface area (Å²) in [5.74, 6) is -0.323. The predicted molar refractivity (Wildman–Crippen MR) is 90.8 cm³/mol. The fourth-order valence-corrected chi connectivity index (χ4v) is 4.17. The maximum atomic E-state index is 11.5. The van der Waals surface area contributed by atoms with E-state index in [-0.39, 0.29) is 12.6 Å². The van der Waals surface area contributed by atoms with E-state index in [1.807, 2.05) is 13.8 Å². The highest BCUT2D eigenvalue weighted by atomic mass is 79.9. The Morgan fingerprint density at radius 3 is 2.05 bits per heavy atom. The Balaban J connectivity index is 3.84. The van der Waals surface area contributed by atoms with Crippen molar-refractivity contribution in [2.45, 2.75) is 32.0 Å². The van der Waals surface area contributed by atoms with Crippen LogP contribution in [0.3, 0.4) is 0 Å². The monoisotopic (exact) mass is 418 g/mol. The van der Waals surface area contributed by atoms with Crippen molar-refractivity contribution in [2.24, 2.45) is 0 Å². The van der Waals surface area contributed by atoms with Gasteiger partial charge in [-0.3, -0.25) is 4.79 Å². The summed E-state index contributed by atoms with van der Waals surface area (Å²) in [7, 11) is -2.52. The van der Waals surface area contributed by atoms with Gasteiger partial charge in [-0.05, 0) is 27.7 Å². The minimum atomic E-state index is -2.99. The molecule has 0 unspecified atom stereocenters. The van der Waals surface area contributed by atoms with Crippen LogP contribution >= 0.6 is 15.9 Å². The molecule has 0 aromatic carbocycles. The van der Waals surface area contributed by atoms with Crippen LogP contribution < -0.4 is 0 Å². The van der Waals surface area contributed by atoms with Crippen LogP contribution in [-0.4, -0.2) is 69.5 Å². The van der Waals surface area contributed by atoms with Gasteiger partial charge in [0.05, 0.1) is 19.8 Å². The highest BCUT2D eigenvalue weighted by Gasteiger charge is 2.43. The van der Waals surface area contributed by atoms with Gasteiger partial charge in [0, 0.05) is 13.2 Å². The molecule has 22 heavy (non-hydrogen) atoms. The summed E-state index contributed by atoms with van der Waals surface area (Å²) in [6, 6.07) is 0. The zero-order valence-electron chi connectivity index (χ0n) is 14.0. The normalized spacial score (nSPS) is 12.6. The van der Waals surface area contributed by atoms with E-state index >= 15 is 0 Å². The second-order valence-corrected chi connectivity index (χ2v) is 10.1. The quantitative estimate of drug-likeness (QED) is 0.187. The smallest absolute Gasteiger partial charge is 0.462 e. The molecule has 0 aliphatic heterocycles. The van der Waals surface area contributed by atoms with Gasteiger partial charge in [-0.25, -0.2) is 0 Å². The van der Waals surface area contributed by atoms with E-state index in [0.717, 1.165) is 0 Å². The Morgan fingerprint density at radius 1 is 1.05 bits per heavy atom. The van der Waals surface area contributed by atoms with Crippen LogP contribution in [0.1, 0.15) is 27.7 Å². The molecule has 0 aromatic heterocycles. The summed E-state index contributed by atoms with van der Waals surface area (Å²) in [5.41, 5.74) is 0. The topological polar surface area (TPSA) is 72.5 Å². The number of rotatable bonds is 13. The number of hydrogen-bond donors (Lipinski definition) is 0. The van der Waals surface area contributed by atoms with Crippen molar-refractivity contribution in [1.82, 2.24) is 0 Å². The number of hydrogen-bond acceptors (Lipinski definition) is 7. The van der Waals surface area contributed by atoms with E-state index in [9.17, 15) is 4.79 Å². The van der Waals surface area contributed by atoms with Crippen LogP contribution in [0.25, 0.3) is 0 Å². The van der Waals surface area contributed by atoms with Crippen LogP contribution in [-0.2, 0) is 31.7 Å². The molecular weight excluding hydrogens is 392 g/mol. The van der Waals surface area contributed by atoms with E-state index in [4.69, 9.17) is 26.9 Å². The summed E-state index contributed by atoms with van der Waals surface area (Å²) in [5, 5.41) is 0. The molecule has 0 saturated heterocycles. The fraction of sp³-hybridized carbons (Fsp3) is 0.917. The summed E-state index contributed by atoms with van der Waals surface area (Å²) in [6.07, 6.45) is 0. The standard InChI is InChI=1S/C12H27BrO7Si2/c1-5-17-22(20-21,18-6-2)19-10-8-15-7-9-16-11(14)12(3,4)13/h5-10H2,1-4,21H3. The second-order valence-electron chi connectivity index (χ2n) is 4.64. The minimum Gasteiger partial charge on any atom is -0.462 e. The number of esters is 1. The molecule has 0 saturated carbocycles. The summed E-state index contributed by atoms with van der Waals surface area (Å²) in [6.45, 7) is 9.25. The van der Waals surface area contributed by atoms with Crippen molar-refractivity contribution in [3.63, 3.8) is 0 Å². The third kappa shape index (κ3) is 9.35. The van der Waals surface area contributed by atoms with Gasteiger partial charge >= 0.3 is 15.0 Å². The van der Waals surface area contributed by atoms with Gasteiger partial charge < -0.3 is 26.9 Å². The molecule has 0 aliphatic rings. The lowest BCUT2D eigenvalue weighted by Crippen LogP contribution is -2.49. The average Bonchev–Trinajstić information content (AvgIpc) is 2.45.